The van der Waals surface area contributed by atoms with E-state index in [-0.39, 0.29) is 6.09 Å². The van der Waals surface area contributed by atoms with Crippen LogP contribution in [0.15, 0.2) is 53.5 Å². The lowest BCUT2D eigenvalue weighted by molar-refractivity contribution is 0.139. The summed E-state index contributed by atoms with van der Waals surface area (Å²) in [6.07, 6.45) is 2.07. The first-order chi connectivity index (χ1) is 12.2. The van der Waals surface area contributed by atoms with Crippen molar-refractivity contribution in [2.24, 2.45) is 10.9 Å². The number of hydrogen-bond donors (Lipinski definition) is 0. The summed E-state index contributed by atoms with van der Waals surface area (Å²) in [4.78, 5) is 18.3. The summed E-state index contributed by atoms with van der Waals surface area (Å²) in [5.41, 5.74) is 2.81. The molecule has 0 saturated heterocycles. The van der Waals surface area contributed by atoms with Crippen molar-refractivity contribution < 1.29 is 14.3 Å². The van der Waals surface area contributed by atoms with Crippen LogP contribution in [0.3, 0.4) is 0 Å². The zero-order valence-corrected chi connectivity index (χ0v) is 14.1. The summed E-state index contributed by atoms with van der Waals surface area (Å²) in [6.45, 7) is 1.10. The predicted molar refractivity (Wildman–Crippen MR) is 95.7 cm³/mol. The van der Waals surface area contributed by atoms with Crippen LogP contribution in [0.1, 0.15) is 18.4 Å². The summed E-state index contributed by atoms with van der Waals surface area (Å²) in [6, 6.07) is 15.8. The van der Waals surface area contributed by atoms with Crippen molar-refractivity contribution in [1.82, 2.24) is 4.90 Å². The minimum absolute atomic E-state index is 0.317. The van der Waals surface area contributed by atoms with Gasteiger partial charge in [0, 0.05) is 17.7 Å². The molecule has 1 saturated carbocycles. The summed E-state index contributed by atoms with van der Waals surface area (Å²) < 4.78 is 11.0. The van der Waals surface area contributed by atoms with Gasteiger partial charge in [0.25, 0.3) is 0 Å². The van der Waals surface area contributed by atoms with Gasteiger partial charge in [-0.15, -0.1) is 0 Å². The first kappa shape index (κ1) is 15.7. The maximum atomic E-state index is 12.2. The molecular formula is C20H20N2O3. The highest BCUT2D eigenvalue weighted by atomic mass is 16.6. The molecule has 0 aromatic heterocycles. The lowest BCUT2D eigenvalue weighted by Gasteiger charge is -2.25. The molecule has 0 atom stereocenters. The molecule has 0 radical (unpaired) electrons. The van der Waals surface area contributed by atoms with E-state index in [1.807, 2.05) is 48.5 Å². The topological polar surface area (TPSA) is 51.1 Å². The standard InChI is InChI=1S/C20H20N2O3/c1-24-18-11-16(9-10-17(18)15-5-3-2-4-6-15)19-21-13-22(20(23)25-19)12-14-7-8-14/h2-6,9-11,14H,7-8,12-13H2,1H3. The van der Waals surface area contributed by atoms with Gasteiger partial charge in [0.05, 0.1) is 7.11 Å². The van der Waals surface area contributed by atoms with Crippen molar-refractivity contribution in [2.75, 3.05) is 20.3 Å². The van der Waals surface area contributed by atoms with Crippen LogP contribution >= 0.6 is 0 Å². The second-order valence-corrected chi connectivity index (χ2v) is 6.42. The van der Waals surface area contributed by atoms with E-state index in [2.05, 4.69) is 4.99 Å². The minimum atomic E-state index is -0.317. The third kappa shape index (κ3) is 3.36. The third-order valence-electron chi connectivity index (χ3n) is 4.54. The molecule has 0 spiro atoms. The quantitative estimate of drug-likeness (QED) is 0.831. The highest BCUT2D eigenvalue weighted by molar-refractivity contribution is 6.02. The summed E-state index contributed by atoms with van der Waals surface area (Å²) in [5, 5.41) is 0. The number of nitrogens with zero attached hydrogens (tertiary/aromatic N) is 2. The number of carbonyl (C=O) groups is 1. The normalized spacial score (nSPS) is 17.1. The molecule has 5 heteroatoms. The molecule has 25 heavy (non-hydrogen) atoms. The van der Waals surface area contributed by atoms with Gasteiger partial charge in [-0.1, -0.05) is 30.3 Å². The molecule has 1 heterocycles. The Hall–Kier alpha value is -2.82. The number of benzene rings is 2. The average molecular weight is 336 g/mol. The number of amides is 1. The highest BCUT2D eigenvalue weighted by Crippen LogP contribution is 2.32. The van der Waals surface area contributed by atoms with Gasteiger partial charge < -0.3 is 9.47 Å². The fourth-order valence-corrected chi connectivity index (χ4v) is 2.96. The Morgan fingerprint density at radius 2 is 1.96 bits per heavy atom. The van der Waals surface area contributed by atoms with Crippen molar-refractivity contribution in [3.63, 3.8) is 0 Å². The maximum Gasteiger partial charge on any atom is 0.418 e. The molecule has 0 bridgehead atoms. The fraction of sp³-hybridized carbons (Fsp3) is 0.300. The number of rotatable bonds is 5. The van der Waals surface area contributed by atoms with E-state index in [0.717, 1.165) is 29.0 Å². The average Bonchev–Trinajstić information content (AvgIpc) is 3.48. The number of aliphatic imine (C=N–C) groups is 1. The molecule has 5 nitrogen and oxygen atoms in total. The van der Waals surface area contributed by atoms with Crippen LogP contribution in [0.2, 0.25) is 0 Å². The summed E-state index contributed by atoms with van der Waals surface area (Å²) in [7, 11) is 1.64. The van der Waals surface area contributed by atoms with Crippen molar-refractivity contribution in [2.45, 2.75) is 12.8 Å². The zero-order chi connectivity index (χ0) is 17.2. The number of hydrogen-bond acceptors (Lipinski definition) is 4. The van der Waals surface area contributed by atoms with Crippen LogP contribution in [0.25, 0.3) is 11.1 Å². The fourth-order valence-electron chi connectivity index (χ4n) is 2.96. The van der Waals surface area contributed by atoms with E-state index in [4.69, 9.17) is 9.47 Å². The first-order valence-electron chi connectivity index (χ1n) is 8.49. The second-order valence-electron chi connectivity index (χ2n) is 6.42. The van der Waals surface area contributed by atoms with Gasteiger partial charge in [-0.05, 0) is 42.5 Å². The molecule has 2 aromatic carbocycles. The smallest absolute Gasteiger partial charge is 0.418 e. The monoisotopic (exact) mass is 336 g/mol. The Morgan fingerprint density at radius 3 is 2.64 bits per heavy atom. The van der Waals surface area contributed by atoms with E-state index >= 15 is 0 Å². The van der Waals surface area contributed by atoms with Gasteiger partial charge in [0.15, 0.2) is 0 Å². The number of ether oxygens (including phenoxy) is 2. The Morgan fingerprint density at radius 1 is 1.16 bits per heavy atom. The zero-order valence-electron chi connectivity index (χ0n) is 14.1. The van der Waals surface area contributed by atoms with Gasteiger partial charge >= 0.3 is 6.09 Å². The van der Waals surface area contributed by atoms with Gasteiger partial charge in [-0.3, -0.25) is 4.90 Å². The molecule has 1 aliphatic heterocycles. The molecule has 0 N–H and O–H groups in total. The van der Waals surface area contributed by atoms with Crippen LogP contribution < -0.4 is 4.74 Å². The number of carbonyl (C=O) groups excluding carboxylic acids is 1. The lowest BCUT2D eigenvalue weighted by atomic mass is 10.0. The van der Waals surface area contributed by atoms with Crippen LogP contribution in [0.4, 0.5) is 4.79 Å². The van der Waals surface area contributed by atoms with E-state index < -0.39 is 0 Å². The number of methoxy groups -OCH3 is 1. The third-order valence-corrected chi connectivity index (χ3v) is 4.54. The van der Waals surface area contributed by atoms with Crippen molar-refractivity contribution in [1.29, 1.82) is 0 Å². The van der Waals surface area contributed by atoms with Gasteiger partial charge in [0.1, 0.15) is 12.4 Å². The van der Waals surface area contributed by atoms with Gasteiger partial charge in [0.2, 0.25) is 5.90 Å². The van der Waals surface area contributed by atoms with Crippen molar-refractivity contribution >= 4 is 12.0 Å². The molecule has 2 aliphatic rings. The molecule has 1 fully saturated rings. The van der Waals surface area contributed by atoms with E-state index in [9.17, 15) is 4.79 Å². The van der Waals surface area contributed by atoms with Crippen LogP contribution in [-0.2, 0) is 4.74 Å². The predicted octanol–water partition coefficient (Wildman–Crippen LogP) is 3.93. The molecule has 128 valence electrons. The summed E-state index contributed by atoms with van der Waals surface area (Å²) >= 11 is 0. The van der Waals surface area contributed by atoms with Crippen molar-refractivity contribution in [3.8, 4) is 16.9 Å². The first-order valence-corrected chi connectivity index (χ1v) is 8.49. The molecule has 1 aliphatic carbocycles. The Balaban J connectivity index is 1.58. The van der Waals surface area contributed by atoms with E-state index in [1.165, 1.54) is 12.8 Å². The molecule has 4 rings (SSSR count). The number of cyclic esters (lactones) is 1. The SMILES string of the molecule is COc1cc(C2=NCN(CC3CC3)C(=O)O2)ccc1-c1ccccc1. The van der Waals surface area contributed by atoms with Gasteiger partial charge in [-0.25, -0.2) is 9.79 Å². The van der Waals surface area contributed by atoms with Crippen LogP contribution in [-0.4, -0.2) is 37.2 Å². The van der Waals surface area contributed by atoms with Crippen molar-refractivity contribution in [3.05, 3.63) is 54.1 Å². The lowest BCUT2D eigenvalue weighted by Crippen LogP contribution is -2.39. The van der Waals surface area contributed by atoms with E-state index in [0.29, 0.717) is 18.5 Å². The Bertz CT molecular complexity index is 813. The Kier molecular flexibility index (Phi) is 4.14. The largest absolute Gasteiger partial charge is 0.496 e. The molecule has 2 aromatic rings. The van der Waals surface area contributed by atoms with Crippen LogP contribution in [0.5, 0.6) is 5.75 Å². The molecule has 1 amide bonds. The van der Waals surface area contributed by atoms with Gasteiger partial charge in [-0.2, -0.15) is 0 Å². The minimum Gasteiger partial charge on any atom is -0.496 e. The maximum absolute atomic E-state index is 12.2. The van der Waals surface area contributed by atoms with Crippen LogP contribution in [0, 0.1) is 5.92 Å². The highest BCUT2D eigenvalue weighted by Gasteiger charge is 2.30. The molecule has 0 unspecified atom stereocenters. The Labute approximate surface area is 146 Å². The van der Waals surface area contributed by atoms with E-state index in [1.54, 1.807) is 12.0 Å². The second kappa shape index (κ2) is 6.59. The molecular weight excluding hydrogens is 316 g/mol. The summed E-state index contributed by atoms with van der Waals surface area (Å²) in [5.74, 6) is 1.70.